The normalized spacial score (nSPS) is 10.9. The van der Waals surface area contributed by atoms with Crippen LogP contribution in [0.4, 0.5) is 24.5 Å². The molecule has 0 atom stereocenters. The molecule has 0 aliphatic heterocycles. The van der Waals surface area contributed by atoms with E-state index >= 15 is 0 Å². The molecule has 6 nitrogen and oxygen atoms in total. The van der Waals surface area contributed by atoms with E-state index in [0.717, 1.165) is 17.2 Å². The molecule has 0 spiro atoms. The quantitative estimate of drug-likeness (QED) is 0.759. The fourth-order valence-electron chi connectivity index (χ4n) is 2.21. The molecular formula is C19H17F3N2O4. The maximum absolute atomic E-state index is 12.3. The Kier molecular flexibility index (Phi) is 6.40. The lowest BCUT2D eigenvalue weighted by molar-refractivity contribution is -0.167. The SMILES string of the molecule is Cc1cccc(NC(=O)COC(=O)c2cccc(NC(=O)C(F)(F)F)c2)c1C. The van der Waals surface area contributed by atoms with E-state index in [-0.39, 0.29) is 11.3 Å². The van der Waals surface area contributed by atoms with Crippen molar-refractivity contribution in [2.24, 2.45) is 0 Å². The fourth-order valence-corrected chi connectivity index (χ4v) is 2.21. The number of benzene rings is 2. The molecule has 0 unspecified atom stereocenters. The van der Waals surface area contributed by atoms with Crippen LogP contribution in [0.25, 0.3) is 0 Å². The Hall–Kier alpha value is -3.36. The van der Waals surface area contributed by atoms with Crippen molar-refractivity contribution in [1.29, 1.82) is 0 Å². The molecule has 0 saturated carbocycles. The maximum atomic E-state index is 12.3. The van der Waals surface area contributed by atoms with E-state index in [1.54, 1.807) is 17.4 Å². The number of hydrogen-bond donors (Lipinski definition) is 2. The van der Waals surface area contributed by atoms with Gasteiger partial charge in [0.1, 0.15) is 0 Å². The van der Waals surface area contributed by atoms with E-state index < -0.39 is 30.6 Å². The first-order valence-electron chi connectivity index (χ1n) is 8.09. The van der Waals surface area contributed by atoms with Crippen molar-refractivity contribution in [3.63, 3.8) is 0 Å². The van der Waals surface area contributed by atoms with Crippen LogP contribution in [0.5, 0.6) is 0 Å². The van der Waals surface area contributed by atoms with Gasteiger partial charge in [0.05, 0.1) is 5.56 Å². The second kappa shape index (κ2) is 8.55. The highest BCUT2D eigenvalue weighted by Gasteiger charge is 2.38. The number of rotatable bonds is 5. The molecule has 2 aromatic carbocycles. The van der Waals surface area contributed by atoms with Gasteiger partial charge < -0.3 is 15.4 Å². The summed E-state index contributed by atoms with van der Waals surface area (Å²) >= 11 is 0. The van der Waals surface area contributed by atoms with E-state index in [1.165, 1.54) is 18.2 Å². The summed E-state index contributed by atoms with van der Waals surface area (Å²) in [5.74, 6) is -3.64. The summed E-state index contributed by atoms with van der Waals surface area (Å²) in [6.45, 7) is 3.14. The molecule has 0 heterocycles. The summed E-state index contributed by atoms with van der Waals surface area (Å²) in [6.07, 6.45) is -5.05. The van der Waals surface area contributed by atoms with Gasteiger partial charge >= 0.3 is 18.1 Å². The molecule has 2 N–H and O–H groups in total. The van der Waals surface area contributed by atoms with E-state index in [4.69, 9.17) is 4.74 Å². The predicted octanol–water partition coefficient (Wildman–Crippen LogP) is 3.60. The number of amides is 2. The topological polar surface area (TPSA) is 84.5 Å². The zero-order chi connectivity index (χ0) is 20.9. The molecule has 9 heteroatoms. The third-order valence-electron chi connectivity index (χ3n) is 3.83. The Labute approximate surface area is 158 Å². The largest absolute Gasteiger partial charge is 0.471 e. The summed E-state index contributed by atoms with van der Waals surface area (Å²) in [5, 5.41) is 4.25. The summed E-state index contributed by atoms with van der Waals surface area (Å²) < 4.78 is 41.7. The Morgan fingerprint density at radius 1 is 1.00 bits per heavy atom. The molecule has 0 aromatic heterocycles. The highest BCUT2D eigenvalue weighted by Crippen LogP contribution is 2.20. The zero-order valence-electron chi connectivity index (χ0n) is 15.0. The van der Waals surface area contributed by atoms with Gasteiger partial charge in [0.25, 0.3) is 5.91 Å². The Bertz CT molecular complexity index is 910. The molecule has 0 bridgehead atoms. The molecular weight excluding hydrogens is 377 g/mol. The first-order valence-corrected chi connectivity index (χ1v) is 8.09. The smallest absolute Gasteiger partial charge is 0.452 e. The number of nitrogens with one attached hydrogen (secondary N) is 2. The molecule has 0 aliphatic carbocycles. The van der Waals surface area contributed by atoms with Crippen LogP contribution in [0.1, 0.15) is 21.5 Å². The van der Waals surface area contributed by atoms with Gasteiger partial charge in [-0.25, -0.2) is 4.79 Å². The van der Waals surface area contributed by atoms with Crippen molar-refractivity contribution in [2.45, 2.75) is 20.0 Å². The minimum absolute atomic E-state index is 0.112. The maximum Gasteiger partial charge on any atom is 0.471 e. The third-order valence-corrected chi connectivity index (χ3v) is 3.83. The number of aryl methyl sites for hydroxylation is 1. The number of ether oxygens (including phenoxy) is 1. The van der Waals surface area contributed by atoms with Crippen molar-refractivity contribution in [2.75, 3.05) is 17.2 Å². The highest BCUT2D eigenvalue weighted by molar-refractivity contribution is 5.98. The molecule has 148 valence electrons. The predicted molar refractivity (Wildman–Crippen MR) is 96.0 cm³/mol. The van der Waals surface area contributed by atoms with Gasteiger partial charge in [-0.3, -0.25) is 9.59 Å². The summed E-state index contributed by atoms with van der Waals surface area (Å²) in [4.78, 5) is 34.9. The van der Waals surface area contributed by atoms with E-state index in [0.29, 0.717) is 5.69 Å². The van der Waals surface area contributed by atoms with Crippen LogP contribution in [0.2, 0.25) is 0 Å². The molecule has 28 heavy (non-hydrogen) atoms. The number of hydrogen-bond acceptors (Lipinski definition) is 4. The van der Waals surface area contributed by atoms with E-state index in [2.05, 4.69) is 5.32 Å². The second-order valence-corrected chi connectivity index (χ2v) is 5.90. The lowest BCUT2D eigenvalue weighted by Crippen LogP contribution is -2.30. The van der Waals surface area contributed by atoms with Gasteiger partial charge in [0, 0.05) is 11.4 Å². The van der Waals surface area contributed by atoms with Crippen LogP contribution in [-0.4, -0.2) is 30.6 Å². The first-order chi connectivity index (χ1) is 13.1. The van der Waals surface area contributed by atoms with Gasteiger partial charge in [0.2, 0.25) is 0 Å². The molecule has 2 amide bonds. The van der Waals surface area contributed by atoms with Crippen LogP contribution in [-0.2, 0) is 14.3 Å². The number of halogens is 3. The summed E-state index contributed by atoms with van der Waals surface area (Å²) in [6, 6.07) is 10.1. The van der Waals surface area contributed by atoms with Gasteiger partial charge in [-0.15, -0.1) is 0 Å². The van der Waals surface area contributed by atoms with Crippen LogP contribution in [0, 0.1) is 13.8 Å². The van der Waals surface area contributed by atoms with Crippen molar-refractivity contribution < 1.29 is 32.3 Å². The molecule has 2 aromatic rings. The monoisotopic (exact) mass is 394 g/mol. The summed E-state index contributed by atoms with van der Waals surface area (Å²) in [7, 11) is 0. The third kappa shape index (κ3) is 5.57. The van der Waals surface area contributed by atoms with Crippen molar-refractivity contribution in [3.05, 3.63) is 59.2 Å². The Morgan fingerprint density at radius 3 is 2.36 bits per heavy atom. The number of carbonyl (C=O) groups is 3. The fraction of sp³-hybridized carbons (Fsp3) is 0.211. The average Bonchev–Trinajstić information content (AvgIpc) is 2.63. The number of esters is 1. The zero-order valence-corrected chi connectivity index (χ0v) is 15.0. The van der Waals surface area contributed by atoms with E-state index in [9.17, 15) is 27.6 Å². The Morgan fingerprint density at radius 2 is 1.68 bits per heavy atom. The van der Waals surface area contributed by atoms with Crippen LogP contribution in [0.15, 0.2) is 42.5 Å². The van der Waals surface area contributed by atoms with Crippen molar-refractivity contribution >= 4 is 29.2 Å². The number of alkyl halides is 3. The number of carbonyl (C=O) groups excluding carboxylic acids is 3. The van der Waals surface area contributed by atoms with E-state index in [1.807, 2.05) is 19.9 Å². The van der Waals surface area contributed by atoms with Gasteiger partial charge in [0.15, 0.2) is 6.61 Å². The molecule has 0 radical (unpaired) electrons. The number of anilines is 2. The lowest BCUT2D eigenvalue weighted by atomic mass is 10.1. The van der Waals surface area contributed by atoms with Crippen molar-refractivity contribution in [3.8, 4) is 0 Å². The standard InChI is InChI=1S/C19H17F3N2O4/c1-11-5-3-8-15(12(11)2)24-16(25)10-28-17(26)13-6-4-7-14(9-13)23-18(27)19(20,21)22/h3-9H,10H2,1-2H3,(H,23,27)(H,24,25). The van der Waals surface area contributed by atoms with Gasteiger partial charge in [-0.1, -0.05) is 18.2 Å². The highest BCUT2D eigenvalue weighted by atomic mass is 19.4. The Balaban J connectivity index is 1.96. The van der Waals surface area contributed by atoms with Crippen LogP contribution >= 0.6 is 0 Å². The molecule has 0 saturated heterocycles. The first kappa shape index (κ1) is 20.9. The van der Waals surface area contributed by atoms with Crippen molar-refractivity contribution in [1.82, 2.24) is 0 Å². The molecule has 0 aliphatic rings. The minimum Gasteiger partial charge on any atom is -0.452 e. The molecule has 2 rings (SSSR count). The second-order valence-electron chi connectivity index (χ2n) is 5.90. The molecule has 0 fully saturated rings. The summed E-state index contributed by atoms with van der Waals surface area (Å²) in [5.41, 5.74) is 2.09. The van der Waals surface area contributed by atoms with Crippen LogP contribution in [0.3, 0.4) is 0 Å². The minimum atomic E-state index is -5.05. The van der Waals surface area contributed by atoms with Gasteiger partial charge in [-0.2, -0.15) is 13.2 Å². The lowest BCUT2D eigenvalue weighted by Gasteiger charge is -2.11. The van der Waals surface area contributed by atoms with Gasteiger partial charge in [-0.05, 0) is 49.2 Å². The van der Waals surface area contributed by atoms with Crippen LogP contribution < -0.4 is 10.6 Å². The average molecular weight is 394 g/mol.